The lowest BCUT2D eigenvalue weighted by Crippen LogP contribution is -2.47. The minimum absolute atomic E-state index is 0.145. The van der Waals surface area contributed by atoms with Crippen LogP contribution in [-0.4, -0.2) is 76.7 Å². The highest BCUT2D eigenvalue weighted by atomic mass is 35.5. The van der Waals surface area contributed by atoms with Crippen molar-refractivity contribution in [2.75, 3.05) is 28.3 Å². The first-order valence-corrected chi connectivity index (χ1v) is 11.5. The second-order valence-electron chi connectivity index (χ2n) is 8.32. The number of methoxy groups -OCH3 is 1. The number of carboxylic acids is 1. The van der Waals surface area contributed by atoms with E-state index in [1.54, 1.807) is 18.2 Å². The van der Waals surface area contributed by atoms with E-state index in [0.29, 0.717) is 5.69 Å². The van der Waals surface area contributed by atoms with Crippen LogP contribution >= 0.6 is 11.8 Å². The molecule has 2 aliphatic heterocycles. The molecule has 14 heteroatoms. The first kappa shape index (κ1) is 25.9. The molecule has 0 radical (unpaired) electrons. The van der Waals surface area contributed by atoms with Crippen molar-refractivity contribution in [2.24, 2.45) is 0 Å². The zero-order chi connectivity index (χ0) is 26.7. The smallest absolute Gasteiger partial charge is 0.341 e. The van der Waals surface area contributed by atoms with E-state index in [-0.39, 0.29) is 30.6 Å². The first-order chi connectivity index (χ1) is 17.7. The number of imide groups is 1. The van der Waals surface area contributed by atoms with Gasteiger partial charge in [0, 0.05) is 43.7 Å². The average Bonchev–Trinajstić information content (AvgIpc) is 3.44. The molecule has 2 saturated heterocycles. The van der Waals surface area contributed by atoms with Gasteiger partial charge < -0.3 is 25.4 Å². The first-order valence-electron chi connectivity index (χ1n) is 11.2. The van der Waals surface area contributed by atoms with Crippen molar-refractivity contribution < 1.29 is 33.8 Å². The molecule has 0 saturated carbocycles. The number of carboxylic acid groups (broad SMARTS) is 1. The van der Waals surface area contributed by atoms with Crippen molar-refractivity contribution in [1.29, 1.82) is 0 Å². The number of carbonyl (C=O) groups is 5. The lowest BCUT2D eigenvalue weighted by molar-refractivity contribution is -0.139. The number of aromatic nitrogens is 1. The SMILES string of the molecule is CO[C@H]1C[C@H](C(=O)Nc2ccc(N3C(=O)N[C@H](CC(=O)O)C3=O)cc2)N(C(=O)N(Cl)c2ccccn2)C1. The summed E-state index contributed by atoms with van der Waals surface area (Å²) in [5.74, 6) is -2.18. The van der Waals surface area contributed by atoms with Gasteiger partial charge in [-0.3, -0.25) is 14.4 Å². The van der Waals surface area contributed by atoms with Crippen LogP contribution in [-0.2, 0) is 19.1 Å². The van der Waals surface area contributed by atoms with Crippen LogP contribution in [0.15, 0.2) is 48.7 Å². The van der Waals surface area contributed by atoms with Gasteiger partial charge in [-0.25, -0.2) is 19.5 Å². The summed E-state index contributed by atoms with van der Waals surface area (Å²) >= 11 is 6.21. The van der Waals surface area contributed by atoms with Gasteiger partial charge in [0.2, 0.25) is 5.91 Å². The Morgan fingerprint density at radius 1 is 1.22 bits per heavy atom. The predicted molar refractivity (Wildman–Crippen MR) is 131 cm³/mol. The molecule has 0 unspecified atom stereocenters. The number of carbonyl (C=O) groups excluding carboxylic acids is 4. The number of pyridine rings is 1. The highest BCUT2D eigenvalue weighted by molar-refractivity contribution is 6.36. The van der Waals surface area contributed by atoms with Crippen LogP contribution in [0, 0.1) is 0 Å². The molecule has 37 heavy (non-hydrogen) atoms. The van der Waals surface area contributed by atoms with Gasteiger partial charge in [0.25, 0.3) is 5.91 Å². The van der Waals surface area contributed by atoms with E-state index in [1.165, 1.54) is 42.5 Å². The van der Waals surface area contributed by atoms with E-state index in [1.807, 2.05) is 0 Å². The number of nitrogens with one attached hydrogen (secondary N) is 2. The number of halogens is 1. The van der Waals surface area contributed by atoms with Gasteiger partial charge >= 0.3 is 18.0 Å². The van der Waals surface area contributed by atoms with Gasteiger partial charge in [0.1, 0.15) is 12.1 Å². The van der Waals surface area contributed by atoms with Gasteiger partial charge in [-0.2, -0.15) is 4.42 Å². The molecule has 0 bridgehead atoms. The number of nitrogens with zero attached hydrogens (tertiary/aromatic N) is 4. The highest BCUT2D eigenvalue weighted by Crippen LogP contribution is 2.27. The zero-order valence-electron chi connectivity index (χ0n) is 19.5. The summed E-state index contributed by atoms with van der Waals surface area (Å²) < 4.78 is 6.21. The van der Waals surface area contributed by atoms with Crippen LogP contribution in [0.5, 0.6) is 0 Å². The van der Waals surface area contributed by atoms with E-state index in [4.69, 9.17) is 21.6 Å². The molecule has 2 aliphatic rings. The third-order valence-corrected chi connectivity index (χ3v) is 6.27. The molecule has 3 N–H and O–H groups in total. The molecule has 3 heterocycles. The largest absolute Gasteiger partial charge is 0.481 e. The molecule has 1 aromatic carbocycles. The maximum Gasteiger partial charge on any atom is 0.341 e. The second kappa shape index (κ2) is 10.8. The Kier molecular flexibility index (Phi) is 7.55. The minimum Gasteiger partial charge on any atom is -0.481 e. The van der Waals surface area contributed by atoms with E-state index in [9.17, 15) is 24.0 Å². The normalized spacial score (nSPS) is 21.1. The van der Waals surface area contributed by atoms with Crippen LogP contribution < -0.4 is 20.0 Å². The van der Waals surface area contributed by atoms with Crippen molar-refractivity contribution in [3.8, 4) is 0 Å². The number of hydrogen-bond acceptors (Lipinski definition) is 7. The molecular weight excluding hydrogens is 508 g/mol. The third-order valence-electron chi connectivity index (χ3n) is 5.95. The summed E-state index contributed by atoms with van der Waals surface area (Å²) in [6, 6.07) is 7.33. The fraction of sp³-hybridized carbons (Fsp3) is 0.304. The van der Waals surface area contributed by atoms with E-state index >= 15 is 0 Å². The number of hydrogen-bond donors (Lipinski definition) is 3. The quantitative estimate of drug-likeness (QED) is 0.360. The van der Waals surface area contributed by atoms with Crippen molar-refractivity contribution in [1.82, 2.24) is 15.2 Å². The Hall–Kier alpha value is -4.23. The van der Waals surface area contributed by atoms with Gasteiger partial charge in [0.15, 0.2) is 5.82 Å². The second-order valence-corrected chi connectivity index (χ2v) is 8.66. The van der Waals surface area contributed by atoms with Gasteiger partial charge in [0.05, 0.1) is 18.2 Å². The number of aliphatic carboxylic acids is 1. The standard InChI is InChI=1S/C23H23ClN6O7/c1-37-15-10-17(28(12-15)23(36)30(24)18-4-2-3-9-25-18)20(33)26-13-5-7-14(8-6-13)29-21(34)16(11-19(31)32)27-22(29)35/h2-9,15-17H,10-12H2,1H3,(H,26,33)(H,27,35)(H,31,32)/t15-,16+,17+/m0/s1. The average molecular weight is 531 g/mol. The van der Waals surface area contributed by atoms with Gasteiger partial charge in [-0.05, 0) is 36.4 Å². The third kappa shape index (κ3) is 5.47. The molecule has 0 aliphatic carbocycles. The summed E-state index contributed by atoms with van der Waals surface area (Å²) in [5.41, 5.74) is 0.558. The van der Waals surface area contributed by atoms with Crippen LogP contribution in [0.2, 0.25) is 0 Å². The van der Waals surface area contributed by atoms with Crippen molar-refractivity contribution in [3.05, 3.63) is 48.7 Å². The zero-order valence-corrected chi connectivity index (χ0v) is 20.3. The summed E-state index contributed by atoms with van der Waals surface area (Å²) in [6.45, 7) is 0.145. The number of urea groups is 2. The molecule has 2 fully saturated rings. The van der Waals surface area contributed by atoms with Crippen molar-refractivity contribution in [2.45, 2.75) is 31.0 Å². The monoisotopic (exact) mass is 530 g/mol. The van der Waals surface area contributed by atoms with E-state index < -0.39 is 48.4 Å². The fourth-order valence-electron chi connectivity index (χ4n) is 4.12. The summed E-state index contributed by atoms with van der Waals surface area (Å²) in [7, 11) is 1.49. The van der Waals surface area contributed by atoms with E-state index in [0.717, 1.165) is 9.32 Å². The molecule has 1 aromatic heterocycles. The van der Waals surface area contributed by atoms with Crippen LogP contribution in [0.1, 0.15) is 12.8 Å². The van der Waals surface area contributed by atoms with Crippen molar-refractivity contribution in [3.63, 3.8) is 0 Å². The molecule has 3 atom stereocenters. The Balaban J connectivity index is 1.45. The maximum atomic E-state index is 13.1. The molecule has 0 spiro atoms. The minimum atomic E-state index is -1.22. The van der Waals surface area contributed by atoms with Gasteiger partial charge in [-0.1, -0.05) is 6.07 Å². The number of likely N-dealkylation sites (tertiary alicyclic amines) is 1. The lowest BCUT2D eigenvalue weighted by atomic mass is 10.1. The van der Waals surface area contributed by atoms with Crippen LogP contribution in [0.25, 0.3) is 0 Å². The van der Waals surface area contributed by atoms with Crippen molar-refractivity contribution >= 4 is 58.8 Å². The molecule has 194 valence electrons. The topological polar surface area (TPSA) is 161 Å². The van der Waals surface area contributed by atoms with E-state index in [2.05, 4.69) is 15.6 Å². The maximum absolute atomic E-state index is 13.1. The number of amides is 6. The molecule has 4 rings (SSSR count). The Morgan fingerprint density at radius 2 is 1.95 bits per heavy atom. The lowest BCUT2D eigenvalue weighted by Gasteiger charge is -2.26. The molecule has 13 nitrogen and oxygen atoms in total. The fourth-order valence-corrected chi connectivity index (χ4v) is 4.31. The Morgan fingerprint density at radius 3 is 2.57 bits per heavy atom. The number of rotatable bonds is 7. The molecule has 2 aromatic rings. The predicted octanol–water partition coefficient (Wildman–Crippen LogP) is 1.79. The summed E-state index contributed by atoms with van der Waals surface area (Å²) in [4.78, 5) is 67.9. The van der Waals surface area contributed by atoms with Crippen LogP contribution in [0.3, 0.4) is 0 Å². The summed E-state index contributed by atoms with van der Waals surface area (Å²) in [6.07, 6.45) is 0.814. The number of benzene rings is 1. The van der Waals surface area contributed by atoms with Gasteiger partial charge in [-0.15, -0.1) is 0 Å². The molecule has 6 amide bonds. The molecular formula is C23H23ClN6O7. The summed E-state index contributed by atoms with van der Waals surface area (Å²) in [5, 5.41) is 14.0. The highest BCUT2D eigenvalue weighted by Gasteiger charge is 2.42. The Labute approximate surface area is 216 Å². The number of ether oxygens (including phenoxy) is 1. The Bertz CT molecular complexity index is 1210. The number of anilines is 3. The van der Waals surface area contributed by atoms with Crippen LogP contribution in [0.4, 0.5) is 26.8 Å².